The first kappa shape index (κ1) is 8.76. The fourth-order valence-electron chi connectivity index (χ4n) is 1.05. The molecule has 0 aliphatic heterocycles. The minimum absolute atomic E-state index is 0. The molecular weight excluding hydrogens is 138 g/mol. The predicted molar refractivity (Wildman–Crippen MR) is 38.3 cm³/mol. The quantitative estimate of drug-likeness (QED) is 0.624. The molecule has 2 atom stereocenters. The summed E-state index contributed by atoms with van der Waals surface area (Å²) in [4.78, 5) is 10.4. The highest BCUT2D eigenvalue weighted by Gasteiger charge is 2.39. The third kappa shape index (κ3) is 1.86. The maximum Gasteiger partial charge on any atom is 0.220 e. The van der Waals surface area contributed by atoms with Crippen molar-refractivity contribution in [2.45, 2.75) is 19.8 Å². The summed E-state index contributed by atoms with van der Waals surface area (Å²) in [7, 11) is 0. The molecule has 0 aromatic carbocycles. The number of halogens is 1. The average Bonchev–Trinajstić information content (AvgIpc) is 2.42. The van der Waals surface area contributed by atoms with Crippen molar-refractivity contribution < 1.29 is 4.79 Å². The molecule has 9 heavy (non-hydrogen) atoms. The Morgan fingerprint density at radius 2 is 2.33 bits per heavy atom. The Bertz CT molecular complexity index is 116. The minimum Gasteiger partial charge on any atom is -0.369 e. The number of nitrogens with two attached hydrogens (primary N) is 1. The molecule has 54 valence electrons. The van der Waals surface area contributed by atoms with E-state index in [9.17, 15) is 4.79 Å². The highest BCUT2D eigenvalue weighted by Crippen LogP contribution is 2.40. The lowest BCUT2D eigenvalue weighted by atomic mass is 10.2. The second-order valence-electron chi connectivity index (χ2n) is 2.41. The van der Waals surface area contributed by atoms with Crippen LogP contribution in [0.25, 0.3) is 0 Å². The first-order valence-electron chi connectivity index (χ1n) is 3.05. The predicted octanol–water partition coefficient (Wildman–Crippen LogP) is 0.940. The monoisotopic (exact) mass is 149 g/mol. The summed E-state index contributed by atoms with van der Waals surface area (Å²) in [5, 5.41) is 0. The molecule has 1 aliphatic rings. The molecule has 0 aromatic heterocycles. The lowest BCUT2D eigenvalue weighted by Gasteiger charge is -1.86. The topological polar surface area (TPSA) is 43.1 Å². The van der Waals surface area contributed by atoms with E-state index in [4.69, 9.17) is 5.73 Å². The van der Waals surface area contributed by atoms with Crippen LogP contribution in [0.2, 0.25) is 0 Å². The van der Waals surface area contributed by atoms with Crippen LogP contribution >= 0.6 is 12.4 Å². The number of carbonyl (C=O) groups excluding carboxylic acids is 1. The summed E-state index contributed by atoms with van der Waals surface area (Å²) in [5.74, 6) is 0.726. The van der Waals surface area contributed by atoms with Crippen molar-refractivity contribution in [2.75, 3.05) is 0 Å². The number of hydrogen-bond acceptors (Lipinski definition) is 1. The minimum atomic E-state index is -0.114. The van der Waals surface area contributed by atoms with Gasteiger partial charge in [-0.25, -0.2) is 0 Å². The third-order valence-corrected chi connectivity index (χ3v) is 1.81. The van der Waals surface area contributed by atoms with Crippen LogP contribution < -0.4 is 5.73 Å². The molecular formula is C6H12ClNO. The highest BCUT2D eigenvalue weighted by molar-refractivity contribution is 5.85. The zero-order valence-corrected chi connectivity index (χ0v) is 6.28. The maximum atomic E-state index is 10.4. The molecule has 0 spiro atoms. The Morgan fingerprint density at radius 1 is 1.78 bits per heavy atom. The van der Waals surface area contributed by atoms with Crippen molar-refractivity contribution in [3.05, 3.63) is 0 Å². The van der Waals surface area contributed by atoms with Crippen LogP contribution in [-0.2, 0) is 4.79 Å². The van der Waals surface area contributed by atoms with Crippen molar-refractivity contribution in [3.8, 4) is 0 Å². The van der Waals surface area contributed by atoms with Gasteiger partial charge in [-0.2, -0.15) is 0 Å². The number of carbonyl (C=O) groups is 1. The summed E-state index contributed by atoms with van der Waals surface area (Å²) in [6.45, 7) is 2.09. The van der Waals surface area contributed by atoms with E-state index in [2.05, 4.69) is 6.92 Å². The molecule has 2 unspecified atom stereocenters. The first-order valence-corrected chi connectivity index (χ1v) is 3.05. The van der Waals surface area contributed by atoms with Crippen molar-refractivity contribution in [1.29, 1.82) is 0 Å². The fourth-order valence-corrected chi connectivity index (χ4v) is 1.05. The fraction of sp³-hybridized carbons (Fsp3) is 0.833. The molecule has 2 nitrogen and oxygen atoms in total. The molecule has 1 rings (SSSR count). The van der Waals surface area contributed by atoms with Gasteiger partial charge in [0.2, 0.25) is 5.91 Å². The SMILES string of the molecule is CCC1CC1C(N)=O.Cl. The molecule has 0 bridgehead atoms. The number of primary amides is 1. The Morgan fingerprint density at radius 3 is 2.44 bits per heavy atom. The standard InChI is InChI=1S/C6H11NO.ClH/c1-2-4-3-5(4)6(7)8;/h4-5H,2-3H2,1H3,(H2,7,8);1H. The molecule has 1 saturated carbocycles. The van der Waals surface area contributed by atoms with Crippen molar-refractivity contribution in [3.63, 3.8) is 0 Å². The van der Waals surface area contributed by atoms with Gasteiger partial charge in [0.25, 0.3) is 0 Å². The van der Waals surface area contributed by atoms with Crippen LogP contribution in [0.5, 0.6) is 0 Å². The normalized spacial score (nSPS) is 30.8. The smallest absolute Gasteiger partial charge is 0.220 e. The Hall–Kier alpha value is -0.240. The van der Waals surface area contributed by atoms with Gasteiger partial charge >= 0.3 is 0 Å². The van der Waals surface area contributed by atoms with Gasteiger partial charge in [-0.3, -0.25) is 4.79 Å². The largest absolute Gasteiger partial charge is 0.369 e. The van der Waals surface area contributed by atoms with Gasteiger partial charge in [0.1, 0.15) is 0 Å². The van der Waals surface area contributed by atoms with E-state index in [-0.39, 0.29) is 24.2 Å². The van der Waals surface area contributed by atoms with Crippen LogP contribution in [0.15, 0.2) is 0 Å². The Labute approximate surface area is 61.2 Å². The summed E-state index contributed by atoms with van der Waals surface area (Å²) in [6, 6.07) is 0. The van der Waals surface area contributed by atoms with Crippen LogP contribution in [0.1, 0.15) is 19.8 Å². The maximum absolute atomic E-state index is 10.4. The third-order valence-electron chi connectivity index (χ3n) is 1.81. The molecule has 0 saturated heterocycles. The number of hydrogen-bond donors (Lipinski definition) is 1. The van der Waals surface area contributed by atoms with Gasteiger partial charge in [-0.05, 0) is 12.3 Å². The van der Waals surface area contributed by atoms with Gasteiger partial charge in [-0.1, -0.05) is 13.3 Å². The van der Waals surface area contributed by atoms with E-state index in [1.807, 2.05) is 0 Å². The molecule has 0 radical (unpaired) electrons. The van der Waals surface area contributed by atoms with Gasteiger partial charge in [0.15, 0.2) is 0 Å². The van der Waals surface area contributed by atoms with E-state index in [0.29, 0.717) is 5.92 Å². The summed E-state index contributed by atoms with van der Waals surface area (Å²) < 4.78 is 0. The summed E-state index contributed by atoms with van der Waals surface area (Å²) >= 11 is 0. The molecule has 0 heterocycles. The molecule has 1 aliphatic carbocycles. The van der Waals surface area contributed by atoms with Crippen LogP contribution in [0.4, 0.5) is 0 Å². The molecule has 3 heteroatoms. The van der Waals surface area contributed by atoms with Crippen molar-refractivity contribution >= 4 is 18.3 Å². The van der Waals surface area contributed by atoms with Gasteiger partial charge < -0.3 is 5.73 Å². The summed E-state index contributed by atoms with van der Waals surface area (Å²) in [6.07, 6.45) is 2.14. The van der Waals surface area contributed by atoms with Crippen molar-refractivity contribution in [2.24, 2.45) is 17.6 Å². The Balaban J connectivity index is 0.000000640. The van der Waals surface area contributed by atoms with E-state index in [1.165, 1.54) is 0 Å². The molecule has 2 N–H and O–H groups in total. The zero-order chi connectivity index (χ0) is 6.15. The van der Waals surface area contributed by atoms with Crippen LogP contribution in [0.3, 0.4) is 0 Å². The van der Waals surface area contributed by atoms with E-state index in [1.54, 1.807) is 0 Å². The number of amides is 1. The van der Waals surface area contributed by atoms with Gasteiger partial charge in [0.05, 0.1) is 0 Å². The average molecular weight is 150 g/mol. The lowest BCUT2D eigenvalue weighted by Crippen LogP contribution is -2.13. The van der Waals surface area contributed by atoms with E-state index >= 15 is 0 Å². The number of rotatable bonds is 2. The van der Waals surface area contributed by atoms with Crippen LogP contribution in [0, 0.1) is 11.8 Å². The molecule has 1 fully saturated rings. The van der Waals surface area contributed by atoms with Crippen LogP contribution in [-0.4, -0.2) is 5.91 Å². The van der Waals surface area contributed by atoms with E-state index in [0.717, 1.165) is 12.8 Å². The van der Waals surface area contributed by atoms with E-state index < -0.39 is 0 Å². The van der Waals surface area contributed by atoms with Gasteiger partial charge in [-0.15, -0.1) is 12.4 Å². The molecule has 1 amide bonds. The van der Waals surface area contributed by atoms with Gasteiger partial charge in [0, 0.05) is 5.92 Å². The molecule has 0 aromatic rings. The Kier molecular flexibility index (Phi) is 2.98. The summed E-state index contributed by atoms with van der Waals surface area (Å²) in [5.41, 5.74) is 5.02. The second-order valence-corrected chi connectivity index (χ2v) is 2.41. The zero-order valence-electron chi connectivity index (χ0n) is 5.46. The lowest BCUT2D eigenvalue weighted by molar-refractivity contribution is -0.119. The first-order chi connectivity index (χ1) is 3.75. The van der Waals surface area contributed by atoms with Crippen molar-refractivity contribution in [1.82, 2.24) is 0 Å². The second kappa shape index (κ2) is 3.06. The highest BCUT2D eigenvalue weighted by atomic mass is 35.5.